The number of aromatic nitrogens is 3. The first-order valence-corrected chi connectivity index (χ1v) is 5.90. The normalized spacial score (nSPS) is 12.7. The van der Waals surface area contributed by atoms with E-state index in [-0.39, 0.29) is 6.42 Å². The van der Waals surface area contributed by atoms with Gasteiger partial charge in [-0.05, 0) is 12.1 Å². The zero-order valence-corrected chi connectivity index (χ0v) is 10.6. The van der Waals surface area contributed by atoms with Crippen LogP contribution in [0.4, 0.5) is 4.39 Å². The van der Waals surface area contributed by atoms with E-state index in [2.05, 4.69) is 10.3 Å². The van der Waals surface area contributed by atoms with Gasteiger partial charge in [-0.1, -0.05) is 22.9 Å². The highest BCUT2D eigenvalue weighted by atomic mass is 35.5. The van der Waals surface area contributed by atoms with Crippen molar-refractivity contribution in [1.82, 2.24) is 15.0 Å². The van der Waals surface area contributed by atoms with Crippen LogP contribution >= 0.6 is 11.6 Å². The zero-order valence-electron chi connectivity index (χ0n) is 9.85. The maximum absolute atomic E-state index is 13.5. The molecule has 0 fully saturated rings. The minimum Gasteiger partial charge on any atom is -0.392 e. The number of halogens is 2. The Morgan fingerprint density at radius 3 is 2.83 bits per heavy atom. The second-order valence-corrected chi connectivity index (χ2v) is 4.55. The van der Waals surface area contributed by atoms with Gasteiger partial charge in [0.05, 0.1) is 11.8 Å². The van der Waals surface area contributed by atoms with E-state index in [4.69, 9.17) is 11.6 Å². The van der Waals surface area contributed by atoms with Crippen molar-refractivity contribution in [2.75, 3.05) is 0 Å². The summed E-state index contributed by atoms with van der Waals surface area (Å²) in [5.41, 5.74) is 0.994. The van der Waals surface area contributed by atoms with E-state index in [9.17, 15) is 9.50 Å². The van der Waals surface area contributed by atoms with E-state index in [0.29, 0.717) is 22.7 Å². The summed E-state index contributed by atoms with van der Waals surface area (Å²) in [5.74, 6) is -0.402. The van der Waals surface area contributed by atoms with Crippen LogP contribution in [-0.2, 0) is 19.9 Å². The molecule has 0 aliphatic heterocycles. The summed E-state index contributed by atoms with van der Waals surface area (Å²) in [6.07, 6.45) is 1.45. The molecule has 1 unspecified atom stereocenters. The average Bonchev–Trinajstić information content (AvgIpc) is 2.69. The lowest BCUT2D eigenvalue weighted by molar-refractivity contribution is 0.173. The van der Waals surface area contributed by atoms with E-state index in [1.165, 1.54) is 12.1 Å². The molecule has 4 nitrogen and oxygen atoms in total. The third kappa shape index (κ3) is 3.05. The molecule has 0 bridgehead atoms. The molecule has 1 atom stereocenters. The Bertz CT molecular complexity index is 524. The fraction of sp³-hybridized carbons (Fsp3) is 0.333. The van der Waals surface area contributed by atoms with E-state index in [1.807, 2.05) is 0 Å². The van der Waals surface area contributed by atoms with Crippen molar-refractivity contribution in [2.24, 2.45) is 7.05 Å². The molecule has 2 rings (SSSR count). The molecular formula is C12H13ClFN3O. The quantitative estimate of drug-likeness (QED) is 0.920. The van der Waals surface area contributed by atoms with Crippen molar-refractivity contribution in [3.63, 3.8) is 0 Å². The molecule has 0 saturated carbocycles. The number of hydrogen-bond donors (Lipinski definition) is 1. The maximum Gasteiger partial charge on any atom is 0.127 e. The standard InChI is InChI=1S/C12H13ClFN3O/c1-17-7-8(15-16-17)5-9(18)6-10-11(13)3-2-4-12(10)14/h2-4,7,9,18H,5-6H2,1H3. The van der Waals surface area contributed by atoms with Crippen molar-refractivity contribution in [3.8, 4) is 0 Å². The first-order chi connectivity index (χ1) is 8.56. The molecule has 0 saturated heterocycles. The fourth-order valence-corrected chi connectivity index (χ4v) is 2.01. The second-order valence-electron chi connectivity index (χ2n) is 4.15. The van der Waals surface area contributed by atoms with Gasteiger partial charge in [0.2, 0.25) is 0 Å². The Kier molecular flexibility index (Phi) is 3.93. The number of aliphatic hydroxyl groups excluding tert-OH is 1. The molecule has 1 heterocycles. The molecule has 0 amide bonds. The summed E-state index contributed by atoms with van der Waals surface area (Å²) < 4.78 is 15.1. The van der Waals surface area contributed by atoms with Crippen LogP contribution in [0.25, 0.3) is 0 Å². The molecule has 6 heteroatoms. The van der Waals surface area contributed by atoms with Gasteiger partial charge in [0.15, 0.2) is 0 Å². The first-order valence-electron chi connectivity index (χ1n) is 5.52. The van der Waals surface area contributed by atoms with Crippen molar-refractivity contribution >= 4 is 11.6 Å². The van der Waals surface area contributed by atoms with Gasteiger partial charge < -0.3 is 5.11 Å². The lowest BCUT2D eigenvalue weighted by Crippen LogP contribution is -2.15. The highest BCUT2D eigenvalue weighted by Crippen LogP contribution is 2.21. The molecular weight excluding hydrogens is 257 g/mol. The summed E-state index contributed by atoms with van der Waals surface area (Å²) >= 11 is 5.90. The van der Waals surface area contributed by atoms with Crippen LogP contribution in [0.5, 0.6) is 0 Å². The Hall–Kier alpha value is -1.46. The highest BCUT2D eigenvalue weighted by Gasteiger charge is 2.14. The molecule has 1 aromatic carbocycles. The Balaban J connectivity index is 2.05. The zero-order chi connectivity index (χ0) is 13.1. The number of aryl methyl sites for hydroxylation is 1. The second kappa shape index (κ2) is 5.46. The number of nitrogens with zero attached hydrogens (tertiary/aromatic N) is 3. The predicted molar refractivity (Wildman–Crippen MR) is 65.8 cm³/mol. The Morgan fingerprint density at radius 1 is 1.44 bits per heavy atom. The third-order valence-electron chi connectivity index (χ3n) is 2.60. The lowest BCUT2D eigenvalue weighted by atomic mass is 10.0. The molecule has 0 radical (unpaired) electrons. The van der Waals surface area contributed by atoms with Gasteiger partial charge >= 0.3 is 0 Å². The minimum atomic E-state index is -0.740. The topological polar surface area (TPSA) is 50.9 Å². The van der Waals surface area contributed by atoms with Crippen LogP contribution in [0.2, 0.25) is 5.02 Å². The van der Waals surface area contributed by atoms with Crippen LogP contribution in [0, 0.1) is 5.82 Å². The van der Waals surface area contributed by atoms with Crippen LogP contribution < -0.4 is 0 Å². The fourth-order valence-electron chi connectivity index (χ4n) is 1.77. The number of aliphatic hydroxyl groups is 1. The van der Waals surface area contributed by atoms with Crippen LogP contribution in [0.1, 0.15) is 11.3 Å². The number of benzene rings is 1. The minimum absolute atomic E-state index is 0.155. The molecule has 96 valence electrons. The highest BCUT2D eigenvalue weighted by molar-refractivity contribution is 6.31. The largest absolute Gasteiger partial charge is 0.392 e. The van der Waals surface area contributed by atoms with Crippen molar-refractivity contribution < 1.29 is 9.50 Å². The van der Waals surface area contributed by atoms with Gasteiger partial charge in [-0.15, -0.1) is 5.10 Å². The van der Waals surface area contributed by atoms with Crippen molar-refractivity contribution in [1.29, 1.82) is 0 Å². The monoisotopic (exact) mass is 269 g/mol. The van der Waals surface area contributed by atoms with E-state index < -0.39 is 11.9 Å². The van der Waals surface area contributed by atoms with Crippen molar-refractivity contribution in [2.45, 2.75) is 18.9 Å². The predicted octanol–water partition coefficient (Wildman–Crippen LogP) is 1.75. The average molecular weight is 270 g/mol. The molecule has 0 aliphatic rings. The summed E-state index contributed by atoms with van der Waals surface area (Å²) in [4.78, 5) is 0. The summed E-state index contributed by atoms with van der Waals surface area (Å²) in [7, 11) is 1.75. The first kappa shape index (κ1) is 13.0. The third-order valence-corrected chi connectivity index (χ3v) is 2.95. The van der Waals surface area contributed by atoms with Gasteiger partial charge in [0.25, 0.3) is 0 Å². The van der Waals surface area contributed by atoms with Gasteiger partial charge in [-0.25, -0.2) is 4.39 Å². The van der Waals surface area contributed by atoms with Gasteiger partial charge in [0, 0.05) is 36.7 Å². The number of rotatable bonds is 4. The van der Waals surface area contributed by atoms with E-state index in [0.717, 1.165) is 0 Å². The summed E-state index contributed by atoms with van der Waals surface area (Å²) in [6.45, 7) is 0. The van der Waals surface area contributed by atoms with E-state index in [1.54, 1.807) is 24.0 Å². The van der Waals surface area contributed by atoms with Crippen LogP contribution in [-0.4, -0.2) is 26.2 Å². The molecule has 0 spiro atoms. The molecule has 1 aromatic heterocycles. The van der Waals surface area contributed by atoms with Crippen molar-refractivity contribution in [3.05, 3.63) is 46.5 Å². The summed E-state index contributed by atoms with van der Waals surface area (Å²) in [5, 5.41) is 17.9. The molecule has 18 heavy (non-hydrogen) atoms. The van der Waals surface area contributed by atoms with Crippen LogP contribution in [0.15, 0.2) is 24.4 Å². The molecule has 2 aromatic rings. The lowest BCUT2D eigenvalue weighted by Gasteiger charge is -2.10. The smallest absolute Gasteiger partial charge is 0.127 e. The summed E-state index contributed by atoms with van der Waals surface area (Å²) in [6, 6.07) is 4.47. The number of hydrogen-bond acceptors (Lipinski definition) is 3. The van der Waals surface area contributed by atoms with Crippen LogP contribution in [0.3, 0.4) is 0 Å². The SMILES string of the molecule is Cn1cc(CC(O)Cc2c(F)cccc2Cl)nn1. The van der Waals surface area contributed by atoms with Gasteiger partial charge in [-0.3, -0.25) is 4.68 Å². The Labute approximate surface area is 109 Å². The van der Waals surface area contributed by atoms with E-state index >= 15 is 0 Å². The van der Waals surface area contributed by atoms with Gasteiger partial charge in [0.1, 0.15) is 5.82 Å². The molecule has 0 aliphatic carbocycles. The Morgan fingerprint density at radius 2 is 2.22 bits per heavy atom. The molecule has 1 N–H and O–H groups in total. The maximum atomic E-state index is 13.5. The van der Waals surface area contributed by atoms with Gasteiger partial charge in [-0.2, -0.15) is 0 Å².